The molecule has 3 aromatic rings. The molecular weight excluding hydrogens is 380 g/mol. The number of fused-ring (bicyclic) bond motifs is 3. The van der Waals surface area contributed by atoms with Crippen molar-refractivity contribution in [3.63, 3.8) is 0 Å². The molecule has 0 amide bonds. The van der Waals surface area contributed by atoms with E-state index in [2.05, 4.69) is 36.4 Å². The number of nitrogens with zero attached hydrogens (tertiary/aromatic N) is 2. The molecular formula is C24H18N2O4. The van der Waals surface area contributed by atoms with Gasteiger partial charge in [-0.15, -0.1) is 0 Å². The summed E-state index contributed by atoms with van der Waals surface area (Å²) in [5, 5.41) is 11.6. The van der Waals surface area contributed by atoms with Crippen LogP contribution in [0.2, 0.25) is 0 Å². The molecule has 1 aromatic heterocycles. The lowest BCUT2D eigenvalue weighted by atomic mass is 9.96. The Morgan fingerprint density at radius 3 is 2.83 bits per heavy atom. The molecule has 2 aliphatic rings. The lowest BCUT2D eigenvalue weighted by Crippen LogP contribution is -2.17. The van der Waals surface area contributed by atoms with Gasteiger partial charge in [0.05, 0.1) is 10.4 Å². The van der Waals surface area contributed by atoms with Gasteiger partial charge in [0.2, 0.25) is 0 Å². The van der Waals surface area contributed by atoms with E-state index in [9.17, 15) is 14.9 Å². The Bertz CT molecular complexity index is 1280. The molecule has 0 N–H and O–H groups in total. The SMILES string of the molecule is O=C(OCC1C2=C(C=CCC=C2)c2ccccc21)n1ccc2cc([N+](=O)[O-])ccc21. The van der Waals surface area contributed by atoms with E-state index >= 15 is 0 Å². The highest BCUT2D eigenvalue weighted by atomic mass is 16.6. The third-order valence-electron chi connectivity index (χ3n) is 5.62. The lowest BCUT2D eigenvalue weighted by Gasteiger charge is -2.15. The van der Waals surface area contributed by atoms with Gasteiger partial charge in [-0.2, -0.15) is 0 Å². The third-order valence-corrected chi connectivity index (χ3v) is 5.62. The predicted octanol–water partition coefficient (Wildman–Crippen LogP) is 5.60. The van der Waals surface area contributed by atoms with Crippen LogP contribution in [0, 0.1) is 10.1 Å². The average Bonchev–Trinajstić information content (AvgIpc) is 3.21. The van der Waals surface area contributed by atoms with E-state index in [1.54, 1.807) is 18.3 Å². The first-order chi connectivity index (χ1) is 14.6. The van der Waals surface area contributed by atoms with Gasteiger partial charge in [0, 0.05) is 29.6 Å². The van der Waals surface area contributed by atoms with Gasteiger partial charge in [0.25, 0.3) is 5.69 Å². The molecule has 6 heteroatoms. The van der Waals surface area contributed by atoms with E-state index in [4.69, 9.17) is 4.74 Å². The molecule has 148 valence electrons. The van der Waals surface area contributed by atoms with E-state index < -0.39 is 11.0 Å². The third kappa shape index (κ3) is 2.93. The van der Waals surface area contributed by atoms with Crippen molar-refractivity contribution in [2.45, 2.75) is 12.3 Å². The van der Waals surface area contributed by atoms with Gasteiger partial charge in [-0.05, 0) is 40.8 Å². The minimum absolute atomic E-state index is 0.0103. The second kappa shape index (κ2) is 7.15. The van der Waals surface area contributed by atoms with Crippen LogP contribution in [0.3, 0.4) is 0 Å². The Hall–Kier alpha value is -3.93. The maximum absolute atomic E-state index is 12.8. The Morgan fingerprint density at radius 1 is 1.13 bits per heavy atom. The molecule has 5 rings (SSSR count). The van der Waals surface area contributed by atoms with Crippen molar-refractivity contribution in [3.8, 4) is 0 Å². The van der Waals surface area contributed by atoms with Crippen molar-refractivity contribution < 1.29 is 14.5 Å². The highest BCUT2D eigenvalue weighted by Gasteiger charge is 2.30. The fourth-order valence-electron chi connectivity index (χ4n) is 4.21. The maximum Gasteiger partial charge on any atom is 0.418 e. The summed E-state index contributed by atoms with van der Waals surface area (Å²) >= 11 is 0. The first-order valence-electron chi connectivity index (χ1n) is 9.72. The van der Waals surface area contributed by atoms with Crippen LogP contribution >= 0.6 is 0 Å². The molecule has 0 bridgehead atoms. The number of non-ortho nitro benzene ring substituents is 1. The molecule has 2 aliphatic carbocycles. The number of rotatable bonds is 3. The quantitative estimate of drug-likeness (QED) is 0.425. The average molecular weight is 398 g/mol. The molecule has 0 aliphatic heterocycles. The molecule has 30 heavy (non-hydrogen) atoms. The number of allylic oxidation sites excluding steroid dienone is 5. The zero-order chi connectivity index (χ0) is 20.7. The lowest BCUT2D eigenvalue weighted by molar-refractivity contribution is -0.384. The van der Waals surface area contributed by atoms with Crippen molar-refractivity contribution in [3.05, 3.63) is 106 Å². The molecule has 1 unspecified atom stereocenters. The first kappa shape index (κ1) is 18.1. The van der Waals surface area contributed by atoms with Gasteiger partial charge in [0.1, 0.15) is 6.61 Å². The molecule has 0 radical (unpaired) electrons. The fraction of sp³-hybridized carbons (Fsp3) is 0.125. The molecule has 0 saturated heterocycles. The Labute approximate surface area is 172 Å². The summed E-state index contributed by atoms with van der Waals surface area (Å²) in [5.41, 5.74) is 5.23. The number of nitro groups is 1. The second-order valence-electron chi connectivity index (χ2n) is 7.31. The first-order valence-corrected chi connectivity index (χ1v) is 9.72. The number of carbonyl (C=O) groups excluding carboxylic acids is 1. The summed E-state index contributed by atoms with van der Waals surface area (Å²) in [6.07, 6.45) is 10.5. The molecule has 2 aromatic carbocycles. The van der Waals surface area contributed by atoms with Crippen molar-refractivity contribution >= 4 is 28.3 Å². The fourth-order valence-corrected chi connectivity index (χ4v) is 4.21. The van der Waals surface area contributed by atoms with Gasteiger partial charge in [-0.1, -0.05) is 48.6 Å². The minimum Gasteiger partial charge on any atom is -0.448 e. The number of hydrogen-bond donors (Lipinski definition) is 0. The monoisotopic (exact) mass is 398 g/mol. The summed E-state index contributed by atoms with van der Waals surface area (Å²) in [6.45, 7) is 0.222. The number of benzene rings is 2. The molecule has 6 nitrogen and oxygen atoms in total. The minimum atomic E-state index is -0.501. The van der Waals surface area contributed by atoms with Crippen LogP contribution in [0.5, 0.6) is 0 Å². The number of nitro benzene ring substituents is 1. The number of ether oxygens (including phenoxy) is 1. The van der Waals surface area contributed by atoms with E-state index in [1.165, 1.54) is 27.8 Å². The summed E-state index contributed by atoms with van der Waals surface area (Å²) in [6, 6.07) is 14.3. The van der Waals surface area contributed by atoms with Crippen LogP contribution in [0.15, 0.2) is 84.6 Å². The van der Waals surface area contributed by atoms with Crippen molar-refractivity contribution in [1.29, 1.82) is 0 Å². The van der Waals surface area contributed by atoms with Crippen molar-refractivity contribution in [2.24, 2.45) is 0 Å². The number of hydrogen-bond acceptors (Lipinski definition) is 4. The zero-order valence-electron chi connectivity index (χ0n) is 16.0. The summed E-state index contributed by atoms with van der Waals surface area (Å²) < 4.78 is 7.09. The Kier molecular flexibility index (Phi) is 4.32. The smallest absolute Gasteiger partial charge is 0.418 e. The normalized spacial score (nSPS) is 17.0. The van der Waals surface area contributed by atoms with Crippen LogP contribution in [-0.2, 0) is 4.74 Å². The Balaban J connectivity index is 1.41. The molecule has 0 saturated carbocycles. The van der Waals surface area contributed by atoms with Crippen LogP contribution < -0.4 is 0 Å². The van der Waals surface area contributed by atoms with Gasteiger partial charge >= 0.3 is 6.09 Å². The van der Waals surface area contributed by atoms with Gasteiger partial charge in [-0.3, -0.25) is 14.7 Å². The maximum atomic E-state index is 12.8. The summed E-state index contributed by atoms with van der Waals surface area (Å²) in [5.74, 6) is -0.0259. The summed E-state index contributed by atoms with van der Waals surface area (Å²) in [7, 11) is 0. The standard InChI is InChI=1S/C24H18N2O4/c27-24(25-13-12-16-14-17(26(28)29)10-11-23(16)25)30-15-22-20-7-3-1-2-6-18(20)19-8-4-5-9-21(19)22/h2-14,22H,1,15H2. The van der Waals surface area contributed by atoms with Gasteiger partial charge in [0.15, 0.2) is 0 Å². The zero-order valence-corrected chi connectivity index (χ0v) is 16.0. The van der Waals surface area contributed by atoms with Crippen LogP contribution in [-0.4, -0.2) is 22.2 Å². The number of carbonyl (C=O) groups is 1. The largest absolute Gasteiger partial charge is 0.448 e. The second-order valence-corrected chi connectivity index (χ2v) is 7.31. The number of aromatic nitrogens is 1. The highest BCUT2D eigenvalue weighted by Crippen LogP contribution is 2.44. The van der Waals surface area contributed by atoms with Crippen LogP contribution in [0.1, 0.15) is 23.5 Å². The van der Waals surface area contributed by atoms with Gasteiger partial charge < -0.3 is 4.74 Å². The van der Waals surface area contributed by atoms with E-state index in [-0.39, 0.29) is 18.2 Å². The molecule has 1 heterocycles. The summed E-state index contributed by atoms with van der Waals surface area (Å²) in [4.78, 5) is 23.3. The Morgan fingerprint density at radius 2 is 1.97 bits per heavy atom. The van der Waals surface area contributed by atoms with E-state index in [0.717, 1.165) is 17.6 Å². The van der Waals surface area contributed by atoms with Crippen molar-refractivity contribution in [1.82, 2.24) is 4.57 Å². The topological polar surface area (TPSA) is 74.4 Å². The molecule has 1 atom stereocenters. The van der Waals surface area contributed by atoms with Crippen LogP contribution in [0.4, 0.5) is 10.5 Å². The van der Waals surface area contributed by atoms with Crippen LogP contribution in [0.25, 0.3) is 16.5 Å². The van der Waals surface area contributed by atoms with E-state index in [1.807, 2.05) is 12.1 Å². The van der Waals surface area contributed by atoms with E-state index in [0.29, 0.717) is 10.9 Å². The highest BCUT2D eigenvalue weighted by molar-refractivity contribution is 5.91. The predicted molar refractivity (Wildman–Crippen MR) is 114 cm³/mol. The van der Waals surface area contributed by atoms with Crippen molar-refractivity contribution in [2.75, 3.05) is 6.61 Å². The molecule has 0 spiro atoms. The molecule has 0 fully saturated rings. The van der Waals surface area contributed by atoms with Gasteiger partial charge in [-0.25, -0.2) is 4.79 Å².